The van der Waals surface area contributed by atoms with Crippen molar-refractivity contribution in [2.24, 2.45) is 24.3 Å². The first kappa shape index (κ1) is 14.4. The molecule has 0 aliphatic rings. The molecule has 0 atom stereocenters. The van der Waals surface area contributed by atoms with Gasteiger partial charge in [0.1, 0.15) is 24.3 Å². The standard InChI is InChI=1S/C12H6N10/c1-21-9(5-15)7(3-13)17-11(21)19-20-12-18-8(4-14)10(6-16)22(12)2/h1-2H3. The Morgan fingerprint density at radius 2 is 1.09 bits per heavy atom. The minimum atomic E-state index is -0.0609. The second kappa shape index (κ2) is 5.54. The molecule has 0 aromatic carbocycles. The highest BCUT2D eigenvalue weighted by Crippen LogP contribution is 2.20. The van der Waals surface area contributed by atoms with E-state index in [1.165, 1.54) is 23.2 Å². The van der Waals surface area contributed by atoms with E-state index in [4.69, 9.17) is 21.0 Å². The highest BCUT2D eigenvalue weighted by molar-refractivity contribution is 5.44. The largest absolute Gasteiger partial charge is 0.301 e. The van der Waals surface area contributed by atoms with Gasteiger partial charge in [-0.15, -0.1) is 10.2 Å². The topological polar surface area (TPSA) is 156 Å². The Kier molecular flexibility index (Phi) is 3.62. The Balaban J connectivity index is 2.48. The van der Waals surface area contributed by atoms with Gasteiger partial charge >= 0.3 is 0 Å². The minimum Gasteiger partial charge on any atom is -0.301 e. The number of nitrogens with zero attached hydrogens (tertiary/aromatic N) is 10. The summed E-state index contributed by atoms with van der Waals surface area (Å²) in [6.45, 7) is 0. The average molecular weight is 290 g/mol. The van der Waals surface area contributed by atoms with Crippen molar-refractivity contribution in [3.05, 3.63) is 22.8 Å². The van der Waals surface area contributed by atoms with Gasteiger partial charge in [0.2, 0.25) is 0 Å². The number of aromatic nitrogens is 4. The van der Waals surface area contributed by atoms with Crippen molar-refractivity contribution in [3.8, 4) is 24.3 Å². The van der Waals surface area contributed by atoms with Crippen LogP contribution in [0.2, 0.25) is 0 Å². The molecule has 2 heterocycles. The Morgan fingerprint density at radius 3 is 1.32 bits per heavy atom. The van der Waals surface area contributed by atoms with E-state index in [0.29, 0.717) is 0 Å². The fourth-order valence-corrected chi connectivity index (χ4v) is 1.65. The molecule has 0 bridgehead atoms. The summed E-state index contributed by atoms with van der Waals surface area (Å²) < 4.78 is 2.61. The van der Waals surface area contributed by atoms with Crippen molar-refractivity contribution >= 4 is 11.9 Å². The Labute approximate surface area is 124 Å². The molecule has 0 N–H and O–H groups in total. The van der Waals surface area contributed by atoms with Gasteiger partial charge in [0.05, 0.1) is 0 Å². The summed E-state index contributed by atoms with van der Waals surface area (Å²) in [5.41, 5.74) is 0.00173. The average Bonchev–Trinajstić information content (AvgIpc) is 3.01. The van der Waals surface area contributed by atoms with Crippen molar-refractivity contribution in [2.45, 2.75) is 0 Å². The van der Waals surface area contributed by atoms with Gasteiger partial charge in [0.15, 0.2) is 22.8 Å². The van der Waals surface area contributed by atoms with E-state index in [2.05, 4.69) is 20.2 Å². The van der Waals surface area contributed by atoms with Crippen LogP contribution in [-0.2, 0) is 14.1 Å². The third-order valence-electron chi connectivity index (χ3n) is 2.80. The molecule has 10 heteroatoms. The third-order valence-corrected chi connectivity index (χ3v) is 2.80. The maximum atomic E-state index is 8.95. The van der Waals surface area contributed by atoms with Gasteiger partial charge in [-0.2, -0.15) is 31.0 Å². The molecule has 0 fully saturated rings. The zero-order valence-electron chi connectivity index (χ0n) is 11.5. The van der Waals surface area contributed by atoms with Crippen LogP contribution in [-0.4, -0.2) is 19.1 Å². The van der Waals surface area contributed by atoms with Crippen molar-refractivity contribution in [2.75, 3.05) is 0 Å². The maximum absolute atomic E-state index is 8.95. The summed E-state index contributed by atoms with van der Waals surface area (Å²) in [6, 6.07) is 7.26. The summed E-state index contributed by atoms with van der Waals surface area (Å²) in [4.78, 5) is 7.73. The minimum absolute atomic E-state index is 0.0353. The predicted octanol–water partition coefficient (Wildman–Crippen LogP) is 1.06. The fourth-order valence-electron chi connectivity index (χ4n) is 1.65. The molecule has 2 aromatic rings. The van der Waals surface area contributed by atoms with E-state index < -0.39 is 0 Å². The normalized spacial score (nSPS) is 9.91. The molecule has 0 aliphatic heterocycles. The van der Waals surface area contributed by atoms with E-state index in [-0.39, 0.29) is 34.7 Å². The molecule has 0 saturated heterocycles. The molecule has 0 aliphatic carbocycles. The highest BCUT2D eigenvalue weighted by Gasteiger charge is 2.16. The van der Waals surface area contributed by atoms with Crippen LogP contribution in [0.15, 0.2) is 10.2 Å². The lowest BCUT2D eigenvalue weighted by atomic mass is 10.4. The molecule has 104 valence electrons. The van der Waals surface area contributed by atoms with Crippen LogP contribution in [0.3, 0.4) is 0 Å². The third kappa shape index (κ3) is 2.14. The van der Waals surface area contributed by atoms with Crippen molar-refractivity contribution in [1.29, 1.82) is 21.0 Å². The van der Waals surface area contributed by atoms with Crippen molar-refractivity contribution < 1.29 is 0 Å². The van der Waals surface area contributed by atoms with Gasteiger partial charge in [-0.05, 0) is 0 Å². The van der Waals surface area contributed by atoms with E-state index >= 15 is 0 Å². The van der Waals surface area contributed by atoms with Crippen LogP contribution in [0.4, 0.5) is 11.9 Å². The van der Waals surface area contributed by atoms with Crippen LogP contribution in [0.5, 0.6) is 0 Å². The molecule has 2 aromatic heterocycles. The number of imidazole rings is 2. The van der Waals surface area contributed by atoms with Crippen LogP contribution in [0.25, 0.3) is 0 Å². The second-order valence-electron chi connectivity index (χ2n) is 3.98. The number of nitriles is 4. The molecule has 0 saturated carbocycles. The van der Waals surface area contributed by atoms with E-state index in [1.54, 1.807) is 12.1 Å². The summed E-state index contributed by atoms with van der Waals surface area (Å²) in [5.74, 6) is 0.0706. The van der Waals surface area contributed by atoms with Crippen molar-refractivity contribution in [3.63, 3.8) is 0 Å². The Morgan fingerprint density at radius 1 is 0.727 bits per heavy atom. The Bertz CT molecular complexity index is 866. The summed E-state index contributed by atoms with van der Waals surface area (Å²) >= 11 is 0. The zero-order valence-corrected chi connectivity index (χ0v) is 11.5. The summed E-state index contributed by atoms with van der Waals surface area (Å²) in [6.07, 6.45) is 0. The number of azo groups is 1. The molecular weight excluding hydrogens is 284 g/mol. The van der Waals surface area contributed by atoms with E-state index in [9.17, 15) is 0 Å². The number of rotatable bonds is 2. The number of hydrogen-bond acceptors (Lipinski definition) is 8. The molecule has 10 nitrogen and oxygen atoms in total. The predicted molar refractivity (Wildman–Crippen MR) is 69.5 cm³/mol. The number of hydrogen-bond donors (Lipinski definition) is 0. The Hall–Kier alpha value is -4.02. The molecule has 2 rings (SSSR count). The lowest BCUT2D eigenvalue weighted by molar-refractivity contribution is 0.849. The highest BCUT2D eigenvalue weighted by atomic mass is 15.3. The first-order valence-electron chi connectivity index (χ1n) is 5.72. The van der Waals surface area contributed by atoms with E-state index in [0.717, 1.165) is 0 Å². The first-order valence-corrected chi connectivity index (χ1v) is 5.72. The smallest absolute Gasteiger partial charge is 0.251 e. The molecular formula is C12H6N10. The lowest BCUT2D eigenvalue weighted by Gasteiger charge is -1.95. The zero-order chi connectivity index (χ0) is 16.3. The fraction of sp³-hybridized carbons (Fsp3) is 0.167. The molecule has 22 heavy (non-hydrogen) atoms. The van der Waals surface area contributed by atoms with Crippen LogP contribution < -0.4 is 0 Å². The SMILES string of the molecule is Cn1c(N=Nc2nc(C#N)c(C#N)n2C)nc(C#N)c1C#N. The van der Waals surface area contributed by atoms with Crippen molar-refractivity contribution in [1.82, 2.24) is 19.1 Å². The molecule has 0 spiro atoms. The van der Waals surface area contributed by atoms with Gasteiger partial charge in [0, 0.05) is 14.1 Å². The summed E-state index contributed by atoms with van der Waals surface area (Å²) in [5, 5.41) is 43.3. The van der Waals surface area contributed by atoms with Gasteiger partial charge in [-0.25, -0.2) is 0 Å². The summed E-state index contributed by atoms with van der Waals surface area (Å²) in [7, 11) is 3.03. The lowest BCUT2D eigenvalue weighted by Crippen LogP contribution is -1.92. The van der Waals surface area contributed by atoms with Gasteiger partial charge < -0.3 is 9.13 Å². The second-order valence-corrected chi connectivity index (χ2v) is 3.98. The molecule has 0 unspecified atom stereocenters. The first-order chi connectivity index (χ1) is 10.6. The monoisotopic (exact) mass is 290 g/mol. The van der Waals surface area contributed by atoms with Gasteiger partial charge in [-0.1, -0.05) is 0 Å². The van der Waals surface area contributed by atoms with Crippen LogP contribution in [0, 0.1) is 45.3 Å². The van der Waals surface area contributed by atoms with E-state index in [1.807, 2.05) is 12.1 Å². The van der Waals surface area contributed by atoms with Crippen LogP contribution in [0.1, 0.15) is 22.8 Å². The van der Waals surface area contributed by atoms with Gasteiger partial charge in [0.25, 0.3) is 11.9 Å². The van der Waals surface area contributed by atoms with Gasteiger partial charge in [-0.3, -0.25) is 0 Å². The maximum Gasteiger partial charge on any atom is 0.251 e. The van der Waals surface area contributed by atoms with Crippen LogP contribution >= 0.6 is 0 Å². The molecule has 0 amide bonds. The quantitative estimate of drug-likeness (QED) is 0.752. The molecule has 0 radical (unpaired) electrons.